The van der Waals surface area contributed by atoms with Gasteiger partial charge < -0.3 is 5.32 Å². The van der Waals surface area contributed by atoms with Crippen LogP contribution in [0.15, 0.2) is 23.6 Å². The highest BCUT2D eigenvalue weighted by Crippen LogP contribution is 2.30. The van der Waals surface area contributed by atoms with E-state index in [2.05, 4.69) is 22.3 Å². The van der Waals surface area contributed by atoms with E-state index in [4.69, 9.17) is 0 Å². The molecule has 1 aliphatic carbocycles. The Morgan fingerprint density at radius 1 is 1.50 bits per heavy atom. The van der Waals surface area contributed by atoms with Crippen molar-refractivity contribution in [2.24, 2.45) is 5.92 Å². The highest BCUT2D eigenvalue weighted by molar-refractivity contribution is 7.99. The van der Waals surface area contributed by atoms with Crippen LogP contribution in [-0.4, -0.2) is 28.8 Å². The minimum Gasteiger partial charge on any atom is -0.316 e. The summed E-state index contributed by atoms with van der Waals surface area (Å²) >= 11 is 1.83. The van der Waals surface area contributed by atoms with E-state index >= 15 is 0 Å². The molecule has 1 atom stereocenters. The van der Waals surface area contributed by atoms with Crippen LogP contribution in [0, 0.1) is 5.92 Å². The van der Waals surface area contributed by atoms with E-state index in [-0.39, 0.29) is 0 Å². The Balaban J connectivity index is 1.83. The van der Waals surface area contributed by atoms with E-state index in [1.54, 1.807) is 12.5 Å². The van der Waals surface area contributed by atoms with Gasteiger partial charge >= 0.3 is 0 Å². The third-order valence-electron chi connectivity index (χ3n) is 3.31. The zero-order chi connectivity index (χ0) is 11.2. The van der Waals surface area contributed by atoms with Crippen LogP contribution in [-0.2, 0) is 0 Å². The minimum atomic E-state index is 0.627. The molecule has 2 rings (SSSR count). The van der Waals surface area contributed by atoms with Gasteiger partial charge in [-0.25, -0.2) is 9.97 Å². The molecule has 1 fully saturated rings. The van der Waals surface area contributed by atoms with Crippen molar-refractivity contribution in [1.29, 1.82) is 0 Å². The molecule has 1 aromatic rings. The third kappa shape index (κ3) is 3.19. The summed E-state index contributed by atoms with van der Waals surface area (Å²) in [6, 6.07) is 2.61. The topological polar surface area (TPSA) is 37.8 Å². The zero-order valence-corrected chi connectivity index (χ0v) is 10.5. The van der Waals surface area contributed by atoms with Crippen molar-refractivity contribution >= 4 is 11.8 Å². The van der Waals surface area contributed by atoms with Gasteiger partial charge in [0.1, 0.15) is 6.33 Å². The van der Waals surface area contributed by atoms with Crippen molar-refractivity contribution in [2.45, 2.75) is 36.8 Å². The van der Waals surface area contributed by atoms with Crippen molar-refractivity contribution in [3.05, 3.63) is 18.6 Å². The highest BCUT2D eigenvalue weighted by Gasteiger charge is 2.23. The molecule has 0 amide bonds. The number of hydrogen-bond acceptors (Lipinski definition) is 4. The number of thioether (sulfide) groups is 1. The average molecular weight is 237 g/mol. The molecule has 0 bridgehead atoms. The van der Waals surface area contributed by atoms with Gasteiger partial charge in [0.25, 0.3) is 0 Å². The van der Waals surface area contributed by atoms with Gasteiger partial charge in [-0.1, -0.05) is 12.8 Å². The molecule has 3 nitrogen and oxygen atoms in total. The third-order valence-corrected chi connectivity index (χ3v) is 4.37. The molecule has 0 aliphatic heterocycles. The normalized spacial score (nSPS) is 18.8. The van der Waals surface area contributed by atoms with Gasteiger partial charge in [0.15, 0.2) is 0 Å². The smallest absolute Gasteiger partial charge is 0.116 e. The second-order valence-electron chi connectivity index (χ2n) is 4.30. The molecule has 4 heteroatoms. The summed E-state index contributed by atoms with van der Waals surface area (Å²) in [6.07, 6.45) is 9.00. The minimum absolute atomic E-state index is 0.627. The lowest BCUT2D eigenvalue weighted by Crippen LogP contribution is -2.34. The highest BCUT2D eigenvalue weighted by atomic mass is 32.2. The molecule has 1 N–H and O–H groups in total. The summed E-state index contributed by atoms with van der Waals surface area (Å²) < 4.78 is 0. The molecule has 1 aliphatic rings. The number of nitrogens with zero attached hydrogens (tertiary/aromatic N) is 2. The van der Waals surface area contributed by atoms with Gasteiger partial charge in [0.05, 0.1) is 5.03 Å². The Bertz CT molecular complexity index is 298. The van der Waals surface area contributed by atoms with Crippen LogP contribution in [0.3, 0.4) is 0 Å². The number of hydrogen-bond donors (Lipinski definition) is 1. The van der Waals surface area contributed by atoms with E-state index in [9.17, 15) is 0 Å². The largest absolute Gasteiger partial charge is 0.316 e. The van der Waals surface area contributed by atoms with Crippen LogP contribution >= 0.6 is 11.8 Å². The van der Waals surface area contributed by atoms with E-state index < -0.39 is 0 Å². The van der Waals surface area contributed by atoms with Crippen LogP contribution in [0.5, 0.6) is 0 Å². The first-order valence-electron chi connectivity index (χ1n) is 5.96. The Kier molecular flexibility index (Phi) is 4.60. The van der Waals surface area contributed by atoms with Crippen LogP contribution < -0.4 is 5.32 Å². The molecule has 1 heterocycles. The van der Waals surface area contributed by atoms with Gasteiger partial charge in [0.2, 0.25) is 0 Å². The fraction of sp³-hybridized carbons (Fsp3) is 0.667. The van der Waals surface area contributed by atoms with Gasteiger partial charge in [-0.15, -0.1) is 11.8 Å². The Hall–Kier alpha value is -0.610. The lowest BCUT2D eigenvalue weighted by Gasteiger charge is -2.22. The first-order chi connectivity index (χ1) is 7.90. The second-order valence-corrected chi connectivity index (χ2v) is 5.34. The predicted octanol–water partition coefficient (Wildman–Crippen LogP) is 2.35. The van der Waals surface area contributed by atoms with Crippen molar-refractivity contribution in [2.75, 3.05) is 12.8 Å². The maximum atomic E-state index is 4.24. The van der Waals surface area contributed by atoms with Crippen LogP contribution in [0.25, 0.3) is 0 Å². The van der Waals surface area contributed by atoms with E-state index in [1.165, 1.54) is 25.7 Å². The molecule has 0 radical (unpaired) electrons. The average Bonchev–Trinajstić information content (AvgIpc) is 2.85. The van der Waals surface area contributed by atoms with Crippen LogP contribution in [0.2, 0.25) is 0 Å². The Morgan fingerprint density at radius 2 is 2.31 bits per heavy atom. The van der Waals surface area contributed by atoms with Crippen LogP contribution in [0.1, 0.15) is 25.7 Å². The number of rotatable bonds is 5. The Labute approximate surface area is 101 Å². The first kappa shape index (κ1) is 11.9. The van der Waals surface area contributed by atoms with Crippen molar-refractivity contribution in [1.82, 2.24) is 15.3 Å². The van der Waals surface area contributed by atoms with E-state index in [0.29, 0.717) is 6.04 Å². The molecule has 1 saturated carbocycles. The molecule has 1 aromatic heterocycles. The van der Waals surface area contributed by atoms with Gasteiger partial charge in [-0.3, -0.25) is 0 Å². The number of aromatic nitrogens is 2. The van der Waals surface area contributed by atoms with E-state index in [0.717, 1.165) is 16.7 Å². The lowest BCUT2D eigenvalue weighted by molar-refractivity contribution is 0.410. The van der Waals surface area contributed by atoms with Crippen molar-refractivity contribution in [3.8, 4) is 0 Å². The first-order valence-corrected chi connectivity index (χ1v) is 6.95. The summed E-state index contributed by atoms with van der Waals surface area (Å²) in [7, 11) is 2.07. The molecular formula is C12H19N3S. The van der Waals surface area contributed by atoms with Gasteiger partial charge in [-0.05, 0) is 31.9 Å². The molecule has 88 valence electrons. The fourth-order valence-electron chi connectivity index (χ4n) is 2.35. The summed E-state index contributed by atoms with van der Waals surface area (Å²) in [5, 5.41) is 4.53. The van der Waals surface area contributed by atoms with Gasteiger partial charge in [0, 0.05) is 18.0 Å². The zero-order valence-electron chi connectivity index (χ0n) is 9.72. The monoisotopic (exact) mass is 237 g/mol. The van der Waals surface area contributed by atoms with Gasteiger partial charge in [-0.2, -0.15) is 0 Å². The quantitative estimate of drug-likeness (QED) is 0.630. The summed E-state index contributed by atoms with van der Waals surface area (Å²) in [6.45, 7) is 0. The molecule has 0 aromatic carbocycles. The second kappa shape index (κ2) is 6.21. The standard InChI is InChI=1S/C12H19N3S/c1-13-11(10-4-2-3-5-10)8-16-12-6-7-14-9-15-12/h6-7,9-11,13H,2-5,8H2,1H3. The van der Waals surface area contributed by atoms with Crippen molar-refractivity contribution in [3.63, 3.8) is 0 Å². The molecule has 0 saturated heterocycles. The maximum Gasteiger partial charge on any atom is 0.116 e. The number of nitrogens with one attached hydrogen (secondary N) is 1. The van der Waals surface area contributed by atoms with Crippen LogP contribution in [0.4, 0.5) is 0 Å². The molecule has 0 spiro atoms. The van der Waals surface area contributed by atoms with E-state index in [1.807, 2.05) is 17.8 Å². The molecular weight excluding hydrogens is 218 g/mol. The summed E-state index contributed by atoms with van der Waals surface area (Å²) in [4.78, 5) is 8.17. The Morgan fingerprint density at radius 3 is 2.94 bits per heavy atom. The fourth-order valence-corrected chi connectivity index (χ4v) is 3.42. The summed E-state index contributed by atoms with van der Waals surface area (Å²) in [5.41, 5.74) is 0. The summed E-state index contributed by atoms with van der Waals surface area (Å²) in [5.74, 6) is 1.97. The SMILES string of the molecule is CNC(CSc1ccncn1)C1CCCC1. The molecule has 16 heavy (non-hydrogen) atoms. The van der Waals surface area contributed by atoms with Crippen molar-refractivity contribution < 1.29 is 0 Å². The predicted molar refractivity (Wildman–Crippen MR) is 67.6 cm³/mol. The lowest BCUT2D eigenvalue weighted by atomic mass is 10.0. The molecule has 1 unspecified atom stereocenters. The maximum absolute atomic E-state index is 4.24.